The smallest absolute Gasteiger partial charge is 0.326 e. The molecule has 1 saturated heterocycles. The van der Waals surface area contributed by atoms with Gasteiger partial charge in [-0.2, -0.15) is 11.8 Å². The summed E-state index contributed by atoms with van der Waals surface area (Å²) in [6, 6.07) is 5.18. The average molecular weight is 250 g/mol. The molecule has 17 heavy (non-hydrogen) atoms. The number of para-hydroxylation sites is 1. The lowest BCUT2D eigenvalue weighted by atomic mass is 10.1. The molecule has 0 aliphatic carbocycles. The molecule has 1 aromatic carbocycles. The molecule has 1 aliphatic heterocycles. The van der Waals surface area contributed by atoms with Crippen molar-refractivity contribution in [2.75, 3.05) is 11.5 Å². The Morgan fingerprint density at radius 1 is 1.53 bits per heavy atom. The molecule has 0 radical (unpaired) electrons. The fourth-order valence-electron chi connectivity index (χ4n) is 2.36. The van der Waals surface area contributed by atoms with Gasteiger partial charge in [0.05, 0.1) is 5.52 Å². The molecule has 5 heteroatoms. The Balaban J connectivity index is 2.08. The van der Waals surface area contributed by atoms with Crippen LogP contribution in [0.15, 0.2) is 23.0 Å². The number of H-pyrrole nitrogens is 1. The molecule has 3 rings (SSSR count). The maximum Gasteiger partial charge on any atom is 0.326 e. The van der Waals surface area contributed by atoms with E-state index in [9.17, 15) is 9.90 Å². The zero-order valence-corrected chi connectivity index (χ0v) is 10.2. The molecule has 90 valence electrons. The number of hydrogen-bond donors (Lipinski definition) is 2. The lowest BCUT2D eigenvalue weighted by Gasteiger charge is -2.09. The van der Waals surface area contributed by atoms with Gasteiger partial charge in [0.1, 0.15) is 11.3 Å². The molecule has 0 saturated carbocycles. The summed E-state index contributed by atoms with van der Waals surface area (Å²) in [6.07, 6.45) is 1.15. The van der Waals surface area contributed by atoms with Crippen LogP contribution in [0.5, 0.6) is 5.75 Å². The van der Waals surface area contributed by atoms with E-state index in [2.05, 4.69) is 4.98 Å². The maximum atomic E-state index is 11.9. The average Bonchev–Trinajstić information content (AvgIpc) is 2.89. The summed E-state index contributed by atoms with van der Waals surface area (Å²) in [4.78, 5) is 14.7. The number of aromatic amines is 1. The normalized spacial score (nSPS) is 20.1. The summed E-state index contributed by atoms with van der Waals surface area (Å²) in [7, 11) is 0. The van der Waals surface area contributed by atoms with Crippen molar-refractivity contribution < 1.29 is 5.11 Å². The Bertz CT molecular complexity index is 596. The second-order valence-electron chi connectivity index (χ2n) is 4.44. The van der Waals surface area contributed by atoms with Gasteiger partial charge >= 0.3 is 5.69 Å². The lowest BCUT2D eigenvalue weighted by molar-refractivity contribution is 0.464. The molecule has 0 bridgehead atoms. The van der Waals surface area contributed by atoms with E-state index in [1.54, 1.807) is 16.7 Å². The quantitative estimate of drug-likeness (QED) is 0.854. The van der Waals surface area contributed by atoms with Gasteiger partial charge in [-0.1, -0.05) is 6.07 Å². The van der Waals surface area contributed by atoms with Crippen molar-refractivity contribution >= 4 is 22.8 Å². The van der Waals surface area contributed by atoms with Gasteiger partial charge in [0.15, 0.2) is 0 Å². The second kappa shape index (κ2) is 4.14. The van der Waals surface area contributed by atoms with E-state index in [1.165, 1.54) is 5.75 Å². The van der Waals surface area contributed by atoms with Crippen LogP contribution in [0.1, 0.15) is 6.42 Å². The van der Waals surface area contributed by atoms with Crippen LogP contribution >= 0.6 is 11.8 Å². The fourth-order valence-corrected chi connectivity index (χ4v) is 3.63. The third-order valence-corrected chi connectivity index (χ3v) is 4.47. The number of aromatic nitrogens is 2. The molecular weight excluding hydrogens is 236 g/mol. The number of phenolic OH excluding ortho intramolecular Hbond substituents is 1. The van der Waals surface area contributed by atoms with Crippen LogP contribution in [-0.2, 0) is 6.54 Å². The number of nitrogens with one attached hydrogen (secondary N) is 1. The van der Waals surface area contributed by atoms with Crippen LogP contribution in [0, 0.1) is 5.92 Å². The highest BCUT2D eigenvalue weighted by molar-refractivity contribution is 7.99. The lowest BCUT2D eigenvalue weighted by Crippen LogP contribution is -2.21. The summed E-state index contributed by atoms with van der Waals surface area (Å²) in [5, 5.41) is 9.85. The SMILES string of the molecule is O=c1[nH]c2cccc(O)c2n1CC1CCSC1. The zero-order valence-electron chi connectivity index (χ0n) is 9.35. The predicted octanol–water partition coefficient (Wildman–Crippen LogP) is 1.79. The van der Waals surface area contributed by atoms with Gasteiger partial charge in [0.2, 0.25) is 0 Å². The molecule has 1 fully saturated rings. The number of hydrogen-bond acceptors (Lipinski definition) is 3. The summed E-state index contributed by atoms with van der Waals surface area (Å²) in [5.74, 6) is 2.99. The third kappa shape index (κ3) is 1.84. The molecule has 1 unspecified atom stereocenters. The van der Waals surface area contributed by atoms with E-state index in [4.69, 9.17) is 0 Å². The van der Waals surface area contributed by atoms with Crippen LogP contribution in [0.2, 0.25) is 0 Å². The Kier molecular flexibility index (Phi) is 2.63. The number of imidazole rings is 1. The van der Waals surface area contributed by atoms with Crippen molar-refractivity contribution in [1.29, 1.82) is 0 Å². The van der Waals surface area contributed by atoms with Gasteiger partial charge in [-0.15, -0.1) is 0 Å². The number of aromatic hydroxyl groups is 1. The minimum Gasteiger partial charge on any atom is -0.506 e. The monoisotopic (exact) mass is 250 g/mol. The van der Waals surface area contributed by atoms with E-state index in [-0.39, 0.29) is 11.4 Å². The van der Waals surface area contributed by atoms with Gasteiger partial charge < -0.3 is 10.1 Å². The van der Waals surface area contributed by atoms with E-state index in [1.807, 2.05) is 17.8 Å². The van der Waals surface area contributed by atoms with E-state index < -0.39 is 0 Å². The van der Waals surface area contributed by atoms with E-state index in [0.717, 1.165) is 12.2 Å². The highest BCUT2D eigenvalue weighted by Gasteiger charge is 2.19. The molecular formula is C12H14N2O2S. The number of phenols is 1. The Hall–Kier alpha value is -1.36. The molecule has 4 nitrogen and oxygen atoms in total. The highest BCUT2D eigenvalue weighted by Crippen LogP contribution is 2.27. The third-order valence-electron chi connectivity index (χ3n) is 3.24. The van der Waals surface area contributed by atoms with Gasteiger partial charge in [-0.3, -0.25) is 4.57 Å². The van der Waals surface area contributed by atoms with Crippen molar-refractivity contribution in [3.8, 4) is 5.75 Å². The van der Waals surface area contributed by atoms with Crippen LogP contribution in [0.3, 0.4) is 0 Å². The summed E-state index contributed by atoms with van der Waals surface area (Å²) >= 11 is 1.93. The first-order chi connectivity index (χ1) is 8.25. The summed E-state index contributed by atoms with van der Waals surface area (Å²) in [5.41, 5.74) is 1.22. The Morgan fingerprint density at radius 3 is 3.18 bits per heavy atom. The molecule has 1 aromatic heterocycles. The number of fused-ring (bicyclic) bond motifs is 1. The van der Waals surface area contributed by atoms with Crippen LogP contribution < -0.4 is 5.69 Å². The highest BCUT2D eigenvalue weighted by atomic mass is 32.2. The molecule has 1 aliphatic rings. The Labute approximate surface area is 103 Å². The molecule has 2 N–H and O–H groups in total. The summed E-state index contributed by atoms with van der Waals surface area (Å²) in [6.45, 7) is 0.698. The molecule has 0 amide bonds. The van der Waals surface area contributed by atoms with Crippen molar-refractivity contribution in [1.82, 2.24) is 9.55 Å². The summed E-state index contributed by atoms with van der Waals surface area (Å²) < 4.78 is 1.67. The molecule has 2 heterocycles. The van der Waals surface area contributed by atoms with Crippen LogP contribution in [-0.4, -0.2) is 26.2 Å². The van der Waals surface area contributed by atoms with Crippen LogP contribution in [0.25, 0.3) is 11.0 Å². The largest absolute Gasteiger partial charge is 0.506 e. The van der Waals surface area contributed by atoms with Gasteiger partial charge in [0, 0.05) is 6.54 Å². The molecule has 2 aromatic rings. The minimum absolute atomic E-state index is 0.126. The fraction of sp³-hybridized carbons (Fsp3) is 0.417. The number of rotatable bonds is 2. The number of nitrogens with zero attached hydrogens (tertiary/aromatic N) is 1. The molecule has 0 spiro atoms. The maximum absolute atomic E-state index is 11.9. The van der Waals surface area contributed by atoms with Crippen molar-refractivity contribution in [3.05, 3.63) is 28.7 Å². The van der Waals surface area contributed by atoms with E-state index in [0.29, 0.717) is 23.5 Å². The predicted molar refractivity (Wildman–Crippen MR) is 69.7 cm³/mol. The van der Waals surface area contributed by atoms with Gasteiger partial charge in [-0.05, 0) is 36.0 Å². The van der Waals surface area contributed by atoms with E-state index >= 15 is 0 Å². The van der Waals surface area contributed by atoms with Crippen molar-refractivity contribution in [2.45, 2.75) is 13.0 Å². The number of benzene rings is 1. The van der Waals surface area contributed by atoms with Crippen LogP contribution in [0.4, 0.5) is 0 Å². The number of thioether (sulfide) groups is 1. The second-order valence-corrected chi connectivity index (χ2v) is 5.59. The Morgan fingerprint density at radius 2 is 2.41 bits per heavy atom. The standard InChI is InChI=1S/C12H14N2O2S/c15-10-3-1-2-9-11(10)14(12(16)13-9)6-8-4-5-17-7-8/h1-3,8,15H,4-7H2,(H,13,16). The first kappa shape index (κ1) is 10.8. The topological polar surface area (TPSA) is 58.0 Å². The molecule has 1 atom stereocenters. The van der Waals surface area contributed by atoms with Crippen molar-refractivity contribution in [3.63, 3.8) is 0 Å². The first-order valence-electron chi connectivity index (χ1n) is 5.74. The first-order valence-corrected chi connectivity index (χ1v) is 6.89. The zero-order chi connectivity index (χ0) is 11.8. The minimum atomic E-state index is -0.126. The van der Waals surface area contributed by atoms with Crippen molar-refractivity contribution in [2.24, 2.45) is 5.92 Å². The van der Waals surface area contributed by atoms with Gasteiger partial charge in [0.25, 0.3) is 0 Å². The van der Waals surface area contributed by atoms with Gasteiger partial charge in [-0.25, -0.2) is 4.79 Å².